The van der Waals surface area contributed by atoms with Crippen LogP contribution in [0.4, 0.5) is 0 Å². The zero-order chi connectivity index (χ0) is 38.9. The summed E-state index contributed by atoms with van der Waals surface area (Å²) in [5, 5.41) is 20.3. The van der Waals surface area contributed by atoms with Crippen molar-refractivity contribution in [2.24, 2.45) is 0 Å². The Kier molecular flexibility index (Phi) is 41.9. The van der Waals surface area contributed by atoms with Crippen LogP contribution in [-0.2, 0) is 14.3 Å². The first-order chi connectivity index (χ1) is 26.0. The predicted molar refractivity (Wildman–Crippen MR) is 229 cm³/mol. The Morgan fingerprint density at radius 3 is 1.30 bits per heavy atom. The Morgan fingerprint density at radius 1 is 0.453 bits per heavy atom. The van der Waals surface area contributed by atoms with Gasteiger partial charge in [0.05, 0.1) is 12.7 Å². The van der Waals surface area contributed by atoms with Crippen molar-refractivity contribution in [3.05, 3.63) is 0 Å². The highest BCUT2D eigenvalue weighted by Crippen LogP contribution is 2.20. The molecule has 2 N–H and O–H groups in total. The lowest BCUT2D eigenvalue weighted by molar-refractivity contribution is -0.150. The molecular weight excluding hydrogens is 659 g/mol. The standard InChI is InChI=1S/C47H95NO5/c1-5-9-12-15-20-27-35-44(34-8-4)52-46(50)38-30-23-18-25-32-40-48(42-43-49)41-33-26-19-24-31-39-47(51)53-45(36-28-21-16-13-10-6-2)37-29-22-17-14-11-7-3/h44-45,47,49,51H,5-43H2,1-4H3. The SMILES string of the molecule is CCCCCCCCC(CCC)OC(=O)CCCCCCCN(CCO)CCCCCCCC(O)OC(CCCCCCCC)CCCCCCCC. The highest BCUT2D eigenvalue weighted by molar-refractivity contribution is 5.69. The zero-order valence-corrected chi connectivity index (χ0v) is 36.4. The van der Waals surface area contributed by atoms with Gasteiger partial charge in [0.2, 0.25) is 0 Å². The predicted octanol–water partition coefficient (Wildman–Crippen LogP) is 13.6. The summed E-state index contributed by atoms with van der Waals surface area (Å²) >= 11 is 0. The minimum Gasteiger partial charge on any atom is -0.462 e. The van der Waals surface area contributed by atoms with E-state index in [0.29, 0.717) is 6.42 Å². The van der Waals surface area contributed by atoms with E-state index in [-0.39, 0.29) is 24.8 Å². The number of carbonyl (C=O) groups excluding carboxylic acids is 1. The first kappa shape index (κ1) is 52.3. The van der Waals surface area contributed by atoms with Crippen LogP contribution in [0.5, 0.6) is 0 Å². The van der Waals surface area contributed by atoms with Crippen LogP contribution in [0.15, 0.2) is 0 Å². The normalized spacial score (nSPS) is 13.0. The molecule has 0 radical (unpaired) electrons. The molecule has 0 fully saturated rings. The number of aliphatic hydroxyl groups excluding tert-OH is 2. The zero-order valence-electron chi connectivity index (χ0n) is 36.4. The third kappa shape index (κ3) is 38.0. The second kappa shape index (κ2) is 42.5. The van der Waals surface area contributed by atoms with Gasteiger partial charge in [-0.15, -0.1) is 0 Å². The van der Waals surface area contributed by atoms with Crippen LogP contribution in [0.3, 0.4) is 0 Å². The highest BCUT2D eigenvalue weighted by atomic mass is 16.6. The number of hydrogen-bond donors (Lipinski definition) is 2. The van der Waals surface area contributed by atoms with E-state index in [1.807, 2.05) is 0 Å². The lowest BCUT2D eigenvalue weighted by atomic mass is 10.0. The molecule has 0 aliphatic carbocycles. The topological polar surface area (TPSA) is 79.2 Å². The number of nitrogens with zero attached hydrogens (tertiary/aromatic N) is 1. The van der Waals surface area contributed by atoms with Gasteiger partial charge in [-0.25, -0.2) is 0 Å². The lowest BCUT2D eigenvalue weighted by Gasteiger charge is -2.22. The van der Waals surface area contributed by atoms with Crippen molar-refractivity contribution < 1.29 is 24.5 Å². The summed E-state index contributed by atoms with van der Waals surface area (Å²) in [5.41, 5.74) is 0. The van der Waals surface area contributed by atoms with Gasteiger partial charge < -0.3 is 24.6 Å². The monoisotopic (exact) mass is 754 g/mol. The third-order valence-electron chi connectivity index (χ3n) is 11.1. The Hall–Kier alpha value is -0.690. The van der Waals surface area contributed by atoms with Gasteiger partial charge in [-0.2, -0.15) is 0 Å². The number of aliphatic hydroxyl groups is 2. The Bertz CT molecular complexity index is 705. The first-order valence-corrected chi connectivity index (χ1v) is 23.9. The largest absolute Gasteiger partial charge is 0.462 e. The van der Waals surface area contributed by atoms with Crippen molar-refractivity contribution in [1.29, 1.82) is 0 Å². The fraction of sp³-hybridized carbons (Fsp3) is 0.979. The van der Waals surface area contributed by atoms with Gasteiger partial charge in [0.15, 0.2) is 6.29 Å². The second-order valence-electron chi connectivity index (χ2n) is 16.4. The molecule has 53 heavy (non-hydrogen) atoms. The van der Waals surface area contributed by atoms with E-state index >= 15 is 0 Å². The molecule has 0 aromatic rings. The van der Waals surface area contributed by atoms with Crippen LogP contribution in [0, 0.1) is 0 Å². The summed E-state index contributed by atoms with van der Waals surface area (Å²) in [5.74, 6) is -0.000639. The van der Waals surface area contributed by atoms with Crippen molar-refractivity contribution >= 4 is 5.97 Å². The van der Waals surface area contributed by atoms with Gasteiger partial charge in [0.25, 0.3) is 0 Å². The summed E-state index contributed by atoms with van der Waals surface area (Å²) in [6.07, 6.45) is 40.9. The molecule has 0 aromatic carbocycles. The Labute approximate surface area is 331 Å². The van der Waals surface area contributed by atoms with Crippen molar-refractivity contribution in [1.82, 2.24) is 4.90 Å². The summed E-state index contributed by atoms with van der Waals surface area (Å²) in [4.78, 5) is 14.9. The van der Waals surface area contributed by atoms with Crippen LogP contribution < -0.4 is 0 Å². The number of carbonyl (C=O) groups is 1. The van der Waals surface area contributed by atoms with Gasteiger partial charge in [-0.05, 0) is 77.3 Å². The molecule has 0 rings (SSSR count). The van der Waals surface area contributed by atoms with Crippen molar-refractivity contribution in [2.75, 3.05) is 26.2 Å². The maximum absolute atomic E-state index is 12.5. The van der Waals surface area contributed by atoms with E-state index in [1.165, 1.54) is 135 Å². The molecule has 0 saturated heterocycles. The van der Waals surface area contributed by atoms with Crippen molar-refractivity contribution in [3.63, 3.8) is 0 Å². The van der Waals surface area contributed by atoms with E-state index < -0.39 is 6.29 Å². The fourth-order valence-corrected chi connectivity index (χ4v) is 7.65. The second-order valence-corrected chi connectivity index (χ2v) is 16.4. The maximum atomic E-state index is 12.5. The fourth-order valence-electron chi connectivity index (χ4n) is 7.65. The highest BCUT2D eigenvalue weighted by Gasteiger charge is 2.15. The van der Waals surface area contributed by atoms with Gasteiger partial charge in [0, 0.05) is 13.0 Å². The van der Waals surface area contributed by atoms with Gasteiger partial charge >= 0.3 is 5.97 Å². The molecule has 0 aromatic heterocycles. The molecule has 0 spiro atoms. The molecular formula is C47H95NO5. The van der Waals surface area contributed by atoms with E-state index in [2.05, 4.69) is 32.6 Å². The quantitative estimate of drug-likeness (QED) is 0.0366. The number of ether oxygens (including phenoxy) is 2. The molecule has 0 amide bonds. The summed E-state index contributed by atoms with van der Waals surface area (Å²) < 4.78 is 12.1. The molecule has 0 heterocycles. The molecule has 2 atom stereocenters. The molecule has 318 valence electrons. The van der Waals surface area contributed by atoms with Gasteiger partial charge in [-0.3, -0.25) is 4.79 Å². The number of hydrogen-bond acceptors (Lipinski definition) is 6. The third-order valence-corrected chi connectivity index (χ3v) is 11.1. The summed E-state index contributed by atoms with van der Waals surface area (Å²) in [7, 11) is 0. The maximum Gasteiger partial charge on any atom is 0.306 e. The summed E-state index contributed by atoms with van der Waals surface area (Å²) in [6.45, 7) is 12.0. The molecule has 6 heteroatoms. The van der Waals surface area contributed by atoms with Crippen LogP contribution in [0.2, 0.25) is 0 Å². The van der Waals surface area contributed by atoms with E-state index in [0.717, 1.165) is 103 Å². The average Bonchev–Trinajstić information content (AvgIpc) is 3.14. The molecule has 0 aliphatic heterocycles. The van der Waals surface area contributed by atoms with E-state index in [9.17, 15) is 15.0 Å². The lowest BCUT2D eigenvalue weighted by Crippen LogP contribution is -2.29. The minimum absolute atomic E-state index is 0.000639. The van der Waals surface area contributed by atoms with E-state index in [1.54, 1.807) is 0 Å². The molecule has 6 nitrogen and oxygen atoms in total. The minimum atomic E-state index is -0.619. The molecule has 0 bridgehead atoms. The van der Waals surface area contributed by atoms with Crippen molar-refractivity contribution in [3.8, 4) is 0 Å². The average molecular weight is 754 g/mol. The smallest absolute Gasteiger partial charge is 0.306 e. The van der Waals surface area contributed by atoms with Crippen LogP contribution >= 0.6 is 0 Å². The van der Waals surface area contributed by atoms with Crippen LogP contribution in [0.25, 0.3) is 0 Å². The van der Waals surface area contributed by atoms with Gasteiger partial charge in [-0.1, -0.05) is 182 Å². The molecule has 2 unspecified atom stereocenters. The van der Waals surface area contributed by atoms with Crippen LogP contribution in [-0.4, -0.2) is 65.8 Å². The summed E-state index contributed by atoms with van der Waals surface area (Å²) in [6, 6.07) is 0. The van der Waals surface area contributed by atoms with Gasteiger partial charge in [0.1, 0.15) is 6.10 Å². The Balaban J connectivity index is 4.07. The first-order valence-electron chi connectivity index (χ1n) is 23.9. The van der Waals surface area contributed by atoms with E-state index in [4.69, 9.17) is 9.47 Å². The molecule has 0 saturated carbocycles. The Morgan fingerprint density at radius 2 is 0.849 bits per heavy atom. The van der Waals surface area contributed by atoms with Crippen LogP contribution in [0.1, 0.15) is 252 Å². The number of esters is 1. The molecule has 0 aliphatic rings. The van der Waals surface area contributed by atoms with Crippen molar-refractivity contribution in [2.45, 2.75) is 271 Å². The number of unbranched alkanes of at least 4 members (excludes halogenated alkanes) is 23. The number of rotatable bonds is 44.